The van der Waals surface area contributed by atoms with Gasteiger partial charge in [-0.1, -0.05) is 48.5 Å². The topological polar surface area (TPSA) is 52.3 Å². The number of ether oxygens (including phenoxy) is 1. The number of para-hydroxylation sites is 1. The maximum atomic E-state index is 11.7. The fourth-order valence-corrected chi connectivity index (χ4v) is 2.00. The average molecular weight is 269 g/mol. The Bertz CT molecular complexity index is 525. The van der Waals surface area contributed by atoms with Gasteiger partial charge in [0.25, 0.3) is 0 Å². The molecule has 0 saturated carbocycles. The number of rotatable bonds is 6. The van der Waals surface area contributed by atoms with E-state index in [1.165, 1.54) is 0 Å². The summed E-state index contributed by atoms with van der Waals surface area (Å²) in [6.07, 6.45) is 1.88. The van der Waals surface area contributed by atoms with Crippen LogP contribution >= 0.6 is 0 Å². The van der Waals surface area contributed by atoms with Crippen molar-refractivity contribution < 1.29 is 9.53 Å². The van der Waals surface area contributed by atoms with Crippen molar-refractivity contribution in [2.24, 2.45) is 5.73 Å². The lowest BCUT2D eigenvalue weighted by Crippen LogP contribution is -2.12. The highest BCUT2D eigenvalue weighted by Gasteiger charge is 2.08. The Hall–Kier alpha value is -2.13. The van der Waals surface area contributed by atoms with E-state index in [0.29, 0.717) is 12.2 Å². The summed E-state index contributed by atoms with van der Waals surface area (Å²) in [7, 11) is 0. The van der Waals surface area contributed by atoms with Crippen LogP contribution in [0, 0.1) is 0 Å². The van der Waals surface area contributed by atoms with Crippen molar-refractivity contribution in [1.29, 1.82) is 0 Å². The van der Waals surface area contributed by atoms with Gasteiger partial charge in [-0.05, 0) is 30.5 Å². The van der Waals surface area contributed by atoms with E-state index in [-0.39, 0.29) is 12.0 Å². The Morgan fingerprint density at radius 2 is 1.60 bits per heavy atom. The van der Waals surface area contributed by atoms with Crippen molar-refractivity contribution in [1.82, 2.24) is 0 Å². The first-order valence-corrected chi connectivity index (χ1v) is 6.82. The smallest absolute Gasteiger partial charge is 0.311 e. The highest BCUT2D eigenvalue weighted by atomic mass is 16.5. The summed E-state index contributed by atoms with van der Waals surface area (Å²) < 4.78 is 5.22. The number of carbonyl (C=O) groups excluding carboxylic acids is 1. The molecule has 0 aromatic heterocycles. The zero-order valence-electron chi connectivity index (χ0n) is 11.4. The molecule has 0 aliphatic heterocycles. The van der Waals surface area contributed by atoms with Crippen LogP contribution in [0.25, 0.3) is 0 Å². The highest BCUT2D eigenvalue weighted by molar-refractivity contribution is 5.72. The Morgan fingerprint density at radius 3 is 2.25 bits per heavy atom. The van der Waals surface area contributed by atoms with Gasteiger partial charge in [0.05, 0.1) is 0 Å². The molecule has 20 heavy (non-hydrogen) atoms. The fourth-order valence-electron chi connectivity index (χ4n) is 2.00. The lowest BCUT2D eigenvalue weighted by atomic mass is 10.0. The third-order valence-corrected chi connectivity index (χ3v) is 3.10. The minimum atomic E-state index is -0.212. The molecule has 1 unspecified atom stereocenters. The summed E-state index contributed by atoms with van der Waals surface area (Å²) >= 11 is 0. The standard InChI is InChI=1S/C17H19NO2/c18-16(14-8-3-1-4-9-14)12-7-13-17(19)20-15-10-5-2-6-11-15/h1-6,8-11,16H,7,12-13,18H2. The average Bonchev–Trinajstić information content (AvgIpc) is 2.49. The zero-order chi connectivity index (χ0) is 14.2. The molecule has 104 valence electrons. The van der Waals surface area contributed by atoms with Gasteiger partial charge in [-0.2, -0.15) is 0 Å². The first-order valence-electron chi connectivity index (χ1n) is 6.82. The number of carbonyl (C=O) groups is 1. The van der Waals surface area contributed by atoms with Crippen molar-refractivity contribution >= 4 is 5.97 Å². The quantitative estimate of drug-likeness (QED) is 0.645. The number of benzene rings is 2. The molecule has 0 fully saturated rings. The maximum Gasteiger partial charge on any atom is 0.311 e. The fraction of sp³-hybridized carbons (Fsp3) is 0.235. The van der Waals surface area contributed by atoms with E-state index in [9.17, 15) is 4.79 Å². The van der Waals surface area contributed by atoms with E-state index in [4.69, 9.17) is 10.5 Å². The predicted octanol–water partition coefficient (Wildman–Crippen LogP) is 3.46. The third-order valence-electron chi connectivity index (χ3n) is 3.10. The zero-order valence-corrected chi connectivity index (χ0v) is 11.4. The summed E-state index contributed by atoms with van der Waals surface area (Å²) in [6.45, 7) is 0. The molecule has 1 atom stereocenters. The second-order valence-electron chi connectivity index (χ2n) is 4.70. The Balaban J connectivity index is 1.72. The molecule has 0 aliphatic rings. The molecule has 3 nitrogen and oxygen atoms in total. The van der Waals surface area contributed by atoms with E-state index in [1.54, 1.807) is 12.1 Å². The molecule has 0 spiro atoms. The largest absolute Gasteiger partial charge is 0.427 e. The van der Waals surface area contributed by atoms with Gasteiger partial charge in [0, 0.05) is 12.5 Å². The van der Waals surface area contributed by atoms with Gasteiger partial charge in [-0.3, -0.25) is 4.79 Å². The number of hydrogen-bond donors (Lipinski definition) is 1. The molecule has 0 saturated heterocycles. The van der Waals surface area contributed by atoms with Crippen LogP contribution in [0.4, 0.5) is 0 Å². The van der Waals surface area contributed by atoms with Crippen LogP contribution in [0.15, 0.2) is 60.7 Å². The maximum absolute atomic E-state index is 11.7. The van der Waals surface area contributed by atoms with Gasteiger partial charge in [0.15, 0.2) is 0 Å². The molecular weight excluding hydrogens is 250 g/mol. The molecule has 0 bridgehead atoms. The van der Waals surface area contributed by atoms with E-state index < -0.39 is 0 Å². The van der Waals surface area contributed by atoms with E-state index in [2.05, 4.69) is 0 Å². The monoisotopic (exact) mass is 269 g/mol. The van der Waals surface area contributed by atoms with Gasteiger partial charge < -0.3 is 10.5 Å². The Labute approximate surface area is 119 Å². The predicted molar refractivity (Wildman–Crippen MR) is 79.3 cm³/mol. The van der Waals surface area contributed by atoms with Crippen LogP contribution in [-0.4, -0.2) is 5.97 Å². The van der Waals surface area contributed by atoms with Gasteiger partial charge in [0.1, 0.15) is 5.75 Å². The van der Waals surface area contributed by atoms with Gasteiger partial charge >= 0.3 is 5.97 Å². The molecule has 2 aromatic carbocycles. The van der Waals surface area contributed by atoms with Crippen molar-refractivity contribution in [3.63, 3.8) is 0 Å². The summed E-state index contributed by atoms with van der Waals surface area (Å²) in [5.74, 6) is 0.376. The summed E-state index contributed by atoms with van der Waals surface area (Å²) in [5, 5.41) is 0. The number of nitrogens with two attached hydrogens (primary N) is 1. The second kappa shape index (κ2) is 7.46. The van der Waals surface area contributed by atoms with Crippen molar-refractivity contribution in [3.05, 3.63) is 66.2 Å². The van der Waals surface area contributed by atoms with Crippen LogP contribution < -0.4 is 10.5 Å². The molecule has 0 radical (unpaired) electrons. The lowest BCUT2D eigenvalue weighted by Gasteiger charge is -2.11. The van der Waals surface area contributed by atoms with Crippen LogP contribution in [0.1, 0.15) is 30.9 Å². The Kier molecular flexibility index (Phi) is 5.33. The summed E-state index contributed by atoms with van der Waals surface area (Å²) in [4.78, 5) is 11.7. The summed E-state index contributed by atoms with van der Waals surface area (Å²) in [5.41, 5.74) is 7.18. The molecule has 2 aromatic rings. The van der Waals surface area contributed by atoms with E-state index in [1.807, 2.05) is 48.5 Å². The van der Waals surface area contributed by atoms with Crippen molar-refractivity contribution in [2.45, 2.75) is 25.3 Å². The summed E-state index contributed by atoms with van der Waals surface area (Å²) in [6, 6.07) is 19.0. The minimum Gasteiger partial charge on any atom is -0.427 e. The van der Waals surface area contributed by atoms with Crippen LogP contribution in [0.5, 0.6) is 5.75 Å². The number of esters is 1. The van der Waals surface area contributed by atoms with Crippen molar-refractivity contribution in [2.75, 3.05) is 0 Å². The van der Waals surface area contributed by atoms with Gasteiger partial charge in [-0.25, -0.2) is 0 Å². The number of hydrogen-bond acceptors (Lipinski definition) is 3. The van der Waals surface area contributed by atoms with Crippen LogP contribution in [0.3, 0.4) is 0 Å². The SMILES string of the molecule is NC(CCCC(=O)Oc1ccccc1)c1ccccc1. The van der Waals surface area contributed by atoms with Crippen molar-refractivity contribution in [3.8, 4) is 5.75 Å². The van der Waals surface area contributed by atoms with Gasteiger partial charge in [0.2, 0.25) is 0 Å². The first kappa shape index (κ1) is 14.3. The Morgan fingerprint density at radius 1 is 1.00 bits per heavy atom. The van der Waals surface area contributed by atoms with E-state index in [0.717, 1.165) is 18.4 Å². The van der Waals surface area contributed by atoms with Crippen LogP contribution in [-0.2, 0) is 4.79 Å². The van der Waals surface area contributed by atoms with Crippen LogP contribution in [0.2, 0.25) is 0 Å². The normalized spacial score (nSPS) is 11.8. The van der Waals surface area contributed by atoms with Gasteiger partial charge in [-0.15, -0.1) is 0 Å². The second-order valence-corrected chi connectivity index (χ2v) is 4.70. The first-order chi connectivity index (χ1) is 9.75. The lowest BCUT2D eigenvalue weighted by molar-refractivity contribution is -0.134. The molecule has 0 heterocycles. The molecular formula is C17H19NO2. The molecule has 0 amide bonds. The molecule has 0 aliphatic carbocycles. The minimum absolute atomic E-state index is 0.0271. The highest BCUT2D eigenvalue weighted by Crippen LogP contribution is 2.17. The molecule has 3 heteroatoms. The van der Waals surface area contributed by atoms with E-state index >= 15 is 0 Å². The molecule has 2 N–H and O–H groups in total. The molecule has 2 rings (SSSR count). The third kappa shape index (κ3) is 4.52.